The molecule has 1 amide bonds. The van der Waals surface area contributed by atoms with Gasteiger partial charge in [-0.3, -0.25) is 10.1 Å². The first-order chi connectivity index (χ1) is 15.1. The van der Waals surface area contributed by atoms with E-state index in [0.717, 1.165) is 57.4 Å². The van der Waals surface area contributed by atoms with E-state index in [1.165, 1.54) is 19.3 Å². The molecule has 2 heterocycles. The molecule has 3 atom stereocenters. The molecule has 170 valence electrons. The van der Waals surface area contributed by atoms with Crippen molar-refractivity contribution in [1.82, 2.24) is 10.2 Å². The number of rotatable bonds is 8. The van der Waals surface area contributed by atoms with Crippen LogP contribution in [0.15, 0.2) is 36.8 Å². The first-order valence-corrected chi connectivity index (χ1v) is 12.1. The van der Waals surface area contributed by atoms with Crippen molar-refractivity contribution >= 4 is 23.3 Å². The van der Waals surface area contributed by atoms with Crippen LogP contribution in [0.1, 0.15) is 57.8 Å². The van der Waals surface area contributed by atoms with Crippen LogP contribution in [-0.4, -0.2) is 53.5 Å². The smallest absolute Gasteiger partial charge is 0.268 e. The Morgan fingerprint density at radius 3 is 2.74 bits per heavy atom. The predicted molar refractivity (Wildman–Crippen MR) is 123 cm³/mol. The van der Waals surface area contributed by atoms with Gasteiger partial charge in [-0.1, -0.05) is 25.2 Å². The van der Waals surface area contributed by atoms with E-state index >= 15 is 0 Å². The van der Waals surface area contributed by atoms with Crippen LogP contribution in [-0.2, 0) is 19.0 Å². The highest BCUT2D eigenvalue weighted by molar-refractivity contribution is 7.80. The van der Waals surface area contributed by atoms with E-state index < -0.39 is 6.10 Å². The normalized spacial score (nSPS) is 33.4. The summed E-state index contributed by atoms with van der Waals surface area (Å²) in [7, 11) is 0. The second kappa shape index (κ2) is 10.6. The van der Waals surface area contributed by atoms with Crippen molar-refractivity contribution in [3.05, 3.63) is 36.8 Å². The number of carbonyl (C=O) groups is 1. The average molecular weight is 447 g/mol. The Labute approximate surface area is 190 Å². The standard InChI is InChI=1S/C24H34N2O4S/c1-2-3-6-19-16-26(20-7-4-5-8-21(20)29-19)13-14-28-18-11-9-17(10-12-18)15-22-23(27)25-24(31)30-22/h2-3,6,16-18,20-22H,1,4-5,7-15H2,(H,25,27,31)/b6-3-. The third-order valence-corrected chi connectivity index (χ3v) is 7.08. The lowest BCUT2D eigenvalue weighted by Crippen LogP contribution is -2.48. The number of amides is 1. The quantitative estimate of drug-likeness (QED) is 0.450. The second-order valence-electron chi connectivity index (χ2n) is 9.00. The number of thiocarbonyl (C=S) groups is 1. The van der Waals surface area contributed by atoms with E-state index in [9.17, 15) is 4.79 Å². The number of fused-ring (bicyclic) bond motifs is 1. The highest BCUT2D eigenvalue weighted by Gasteiger charge is 2.35. The molecule has 31 heavy (non-hydrogen) atoms. The Hall–Kier alpha value is -1.86. The van der Waals surface area contributed by atoms with E-state index in [2.05, 4.69) is 23.0 Å². The Bertz CT molecular complexity index is 729. The van der Waals surface area contributed by atoms with Crippen molar-refractivity contribution in [2.75, 3.05) is 13.2 Å². The van der Waals surface area contributed by atoms with E-state index in [-0.39, 0.29) is 17.2 Å². The second-order valence-corrected chi connectivity index (χ2v) is 9.38. The summed E-state index contributed by atoms with van der Waals surface area (Å²) >= 11 is 4.93. The minimum Gasteiger partial charge on any atom is -0.487 e. The summed E-state index contributed by atoms with van der Waals surface area (Å²) in [4.78, 5) is 14.3. The minimum absolute atomic E-state index is 0.0924. The molecule has 0 aromatic heterocycles. The molecular formula is C24H34N2O4S. The van der Waals surface area contributed by atoms with Gasteiger partial charge >= 0.3 is 0 Å². The van der Waals surface area contributed by atoms with Gasteiger partial charge in [-0.05, 0) is 75.6 Å². The van der Waals surface area contributed by atoms with Crippen molar-refractivity contribution in [3.63, 3.8) is 0 Å². The lowest BCUT2D eigenvalue weighted by molar-refractivity contribution is -0.124. The summed E-state index contributed by atoms with van der Waals surface area (Å²) < 4.78 is 17.9. The minimum atomic E-state index is -0.407. The van der Waals surface area contributed by atoms with Crippen LogP contribution in [0.25, 0.3) is 0 Å². The Kier molecular flexibility index (Phi) is 7.67. The Morgan fingerprint density at radius 1 is 1.19 bits per heavy atom. The van der Waals surface area contributed by atoms with Gasteiger partial charge in [-0.2, -0.15) is 0 Å². The van der Waals surface area contributed by atoms with Gasteiger partial charge in [0.05, 0.1) is 18.8 Å². The van der Waals surface area contributed by atoms with Gasteiger partial charge in [0.2, 0.25) is 0 Å². The first-order valence-electron chi connectivity index (χ1n) is 11.7. The first kappa shape index (κ1) is 22.3. The van der Waals surface area contributed by atoms with Crippen LogP contribution in [0.3, 0.4) is 0 Å². The molecule has 2 saturated carbocycles. The molecule has 7 heteroatoms. The number of nitrogens with zero attached hydrogens (tertiary/aromatic N) is 1. The van der Waals surface area contributed by atoms with Crippen molar-refractivity contribution in [3.8, 4) is 0 Å². The largest absolute Gasteiger partial charge is 0.487 e. The van der Waals surface area contributed by atoms with Crippen LogP contribution in [0.4, 0.5) is 0 Å². The summed E-state index contributed by atoms with van der Waals surface area (Å²) in [5.74, 6) is 1.33. The van der Waals surface area contributed by atoms with Gasteiger partial charge < -0.3 is 19.1 Å². The van der Waals surface area contributed by atoms with E-state index in [1.54, 1.807) is 6.08 Å². The average Bonchev–Trinajstić information content (AvgIpc) is 3.10. The topological polar surface area (TPSA) is 60.0 Å². The highest BCUT2D eigenvalue weighted by atomic mass is 32.1. The summed E-state index contributed by atoms with van der Waals surface area (Å²) in [6.45, 7) is 5.38. The number of nitrogens with one attached hydrogen (secondary N) is 1. The highest BCUT2D eigenvalue weighted by Crippen LogP contribution is 2.33. The van der Waals surface area contributed by atoms with Gasteiger partial charge in [-0.25, -0.2) is 0 Å². The van der Waals surface area contributed by atoms with Crippen LogP contribution >= 0.6 is 12.2 Å². The molecule has 0 aromatic carbocycles. The molecule has 0 bridgehead atoms. The number of hydrogen-bond donors (Lipinski definition) is 1. The summed E-state index contributed by atoms with van der Waals surface area (Å²) in [6, 6.07) is 0.456. The fourth-order valence-electron chi connectivity index (χ4n) is 5.24. The lowest BCUT2D eigenvalue weighted by atomic mass is 9.84. The number of hydrogen-bond acceptors (Lipinski definition) is 6. The zero-order valence-corrected chi connectivity index (χ0v) is 19.0. The van der Waals surface area contributed by atoms with Crippen LogP contribution in [0, 0.1) is 5.92 Å². The molecule has 1 N–H and O–H groups in total. The van der Waals surface area contributed by atoms with E-state index in [1.807, 2.05) is 12.2 Å². The number of allylic oxidation sites excluding steroid dienone is 3. The fourth-order valence-corrected chi connectivity index (χ4v) is 5.46. The van der Waals surface area contributed by atoms with Gasteiger partial charge in [0.1, 0.15) is 11.9 Å². The van der Waals surface area contributed by atoms with Gasteiger partial charge in [0, 0.05) is 12.7 Å². The molecule has 0 radical (unpaired) electrons. The molecule has 3 fully saturated rings. The molecule has 0 spiro atoms. The molecule has 4 aliphatic rings. The summed E-state index contributed by atoms with van der Waals surface area (Å²) in [5.41, 5.74) is 0. The van der Waals surface area contributed by atoms with Crippen molar-refractivity contribution in [1.29, 1.82) is 0 Å². The lowest BCUT2D eigenvalue weighted by Gasteiger charge is -2.43. The van der Waals surface area contributed by atoms with Crippen molar-refractivity contribution in [2.45, 2.75) is 82.1 Å². The van der Waals surface area contributed by atoms with Gasteiger partial charge in [0.15, 0.2) is 6.10 Å². The van der Waals surface area contributed by atoms with Crippen molar-refractivity contribution < 1.29 is 19.0 Å². The molecule has 6 nitrogen and oxygen atoms in total. The third kappa shape index (κ3) is 5.89. The van der Waals surface area contributed by atoms with E-state index in [0.29, 0.717) is 18.1 Å². The molecule has 4 rings (SSSR count). The Balaban J connectivity index is 1.21. The van der Waals surface area contributed by atoms with Gasteiger partial charge in [-0.15, -0.1) is 0 Å². The summed E-state index contributed by atoms with van der Waals surface area (Å²) in [6.07, 6.45) is 17.8. The van der Waals surface area contributed by atoms with Crippen LogP contribution < -0.4 is 5.32 Å². The maximum absolute atomic E-state index is 11.8. The third-order valence-electron chi connectivity index (χ3n) is 6.88. The van der Waals surface area contributed by atoms with Crippen molar-refractivity contribution in [2.24, 2.45) is 5.92 Å². The fraction of sp³-hybridized carbons (Fsp3) is 0.667. The maximum atomic E-state index is 11.8. The molecule has 3 unspecified atom stereocenters. The Morgan fingerprint density at radius 2 is 2.00 bits per heavy atom. The number of ether oxygens (including phenoxy) is 3. The summed E-state index contributed by atoms with van der Waals surface area (Å²) in [5, 5.41) is 2.79. The zero-order chi connectivity index (χ0) is 21.6. The molecule has 0 aromatic rings. The molecule has 2 aliphatic carbocycles. The van der Waals surface area contributed by atoms with Crippen LogP contribution in [0.2, 0.25) is 0 Å². The van der Waals surface area contributed by atoms with Gasteiger partial charge in [0.25, 0.3) is 11.1 Å². The molecular weight excluding hydrogens is 412 g/mol. The predicted octanol–water partition coefficient (Wildman–Crippen LogP) is 3.98. The molecule has 2 aliphatic heterocycles. The zero-order valence-electron chi connectivity index (χ0n) is 18.2. The molecule has 1 saturated heterocycles. The van der Waals surface area contributed by atoms with E-state index in [4.69, 9.17) is 26.4 Å². The van der Waals surface area contributed by atoms with Crippen LogP contribution in [0.5, 0.6) is 0 Å². The monoisotopic (exact) mass is 446 g/mol. The maximum Gasteiger partial charge on any atom is 0.268 e. The number of carbonyl (C=O) groups excluding carboxylic acids is 1. The SMILES string of the molecule is C=C/C=C\C1=CN(CCOC2CCC(CC3OC(=S)NC3=O)CC2)C2CCCCC2O1.